The molecule has 1 aromatic heterocycles. The summed E-state index contributed by atoms with van der Waals surface area (Å²) in [6.45, 7) is 0.985. The van der Waals surface area contributed by atoms with Gasteiger partial charge in [-0.2, -0.15) is 4.98 Å². The maximum absolute atomic E-state index is 12.8. The summed E-state index contributed by atoms with van der Waals surface area (Å²) in [6, 6.07) is 10.9. The third-order valence-electron chi connectivity index (χ3n) is 6.51. The van der Waals surface area contributed by atoms with E-state index in [1.807, 2.05) is 43.3 Å². The number of fused-ring (bicyclic) bond motifs is 1. The van der Waals surface area contributed by atoms with E-state index in [1.165, 1.54) is 0 Å². The van der Waals surface area contributed by atoms with Crippen molar-refractivity contribution in [3.63, 3.8) is 0 Å². The average Bonchev–Trinajstić information content (AvgIpc) is 2.85. The first-order chi connectivity index (χ1) is 17.9. The zero-order valence-electron chi connectivity index (χ0n) is 20.9. The van der Waals surface area contributed by atoms with Gasteiger partial charge in [0.2, 0.25) is 16.0 Å². The smallest absolute Gasteiger partial charge is 0.406 e. The molecule has 3 aromatic rings. The van der Waals surface area contributed by atoms with Crippen LogP contribution >= 0.6 is 15.9 Å². The minimum Gasteiger partial charge on any atom is -0.406 e. The number of benzene rings is 2. The quantitative estimate of drug-likeness (QED) is 0.325. The standard InChI is InChI=1S/C25H29BrF3N5O3S/c1-34(2)23-19-5-3-4-6-21(19)32-24(33-23)30-14-16-7-9-17(10-8-16)15-31-38(35,36)22-12-11-18(13-20(22)26)37-25(27,28)29/h3-6,11-13,16-17,31H,7-10,14-15H2,1-2H3,(H,30,32,33). The van der Waals surface area contributed by atoms with Crippen molar-refractivity contribution in [3.05, 3.63) is 46.9 Å². The summed E-state index contributed by atoms with van der Waals surface area (Å²) >= 11 is 3.04. The predicted octanol–water partition coefficient (Wildman–Crippen LogP) is 5.55. The maximum atomic E-state index is 12.8. The molecule has 1 aliphatic rings. The van der Waals surface area contributed by atoms with Gasteiger partial charge in [-0.15, -0.1) is 13.2 Å². The van der Waals surface area contributed by atoms with Crippen LogP contribution in [-0.4, -0.2) is 51.9 Å². The molecule has 0 radical (unpaired) electrons. The van der Waals surface area contributed by atoms with E-state index in [0.717, 1.165) is 67.1 Å². The third-order valence-corrected chi connectivity index (χ3v) is 8.91. The zero-order chi connectivity index (χ0) is 27.5. The Kier molecular flexibility index (Phi) is 8.68. The summed E-state index contributed by atoms with van der Waals surface area (Å²) < 4.78 is 69.2. The van der Waals surface area contributed by atoms with Crippen molar-refractivity contribution >= 4 is 48.6 Å². The molecule has 0 spiro atoms. The number of ether oxygens (including phenoxy) is 1. The highest BCUT2D eigenvalue weighted by Crippen LogP contribution is 2.32. The van der Waals surface area contributed by atoms with Gasteiger partial charge >= 0.3 is 6.36 Å². The molecule has 0 amide bonds. The van der Waals surface area contributed by atoms with Crippen molar-refractivity contribution in [2.24, 2.45) is 11.8 Å². The Morgan fingerprint density at radius 3 is 2.32 bits per heavy atom. The van der Waals surface area contributed by atoms with Gasteiger partial charge in [0.15, 0.2) is 0 Å². The average molecular weight is 617 g/mol. The van der Waals surface area contributed by atoms with E-state index in [2.05, 4.69) is 40.7 Å². The van der Waals surface area contributed by atoms with Gasteiger partial charge in [-0.05, 0) is 83.8 Å². The number of aromatic nitrogens is 2. The van der Waals surface area contributed by atoms with Crippen LogP contribution in [0.5, 0.6) is 5.75 Å². The van der Waals surface area contributed by atoms with Crippen LogP contribution in [0.15, 0.2) is 51.8 Å². The van der Waals surface area contributed by atoms with Crippen LogP contribution in [0.3, 0.4) is 0 Å². The van der Waals surface area contributed by atoms with Crippen LogP contribution in [0, 0.1) is 11.8 Å². The van der Waals surface area contributed by atoms with Gasteiger partial charge in [-0.25, -0.2) is 18.1 Å². The highest BCUT2D eigenvalue weighted by molar-refractivity contribution is 9.10. The molecule has 4 rings (SSSR count). The Bertz CT molecular complexity index is 1380. The van der Waals surface area contributed by atoms with Crippen LogP contribution in [0.25, 0.3) is 10.9 Å². The molecule has 0 bridgehead atoms. The summed E-state index contributed by atoms with van der Waals surface area (Å²) in [5.74, 6) is 1.52. The number of anilines is 2. The van der Waals surface area contributed by atoms with E-state index in [-0.39, 0.29) is 21.8 Å². The van der Waals surface area contributed by atoms with Crippen LogP contribution in [0.4, 0.5) is 24.9 Å². The minimum absolute atomic E-state index is 0.00475. The first kappa shape index (κ1) is 28.4. The Morgan fingerprint density at radius 1 is 1.03 bits per heavy atom. The van der Waals surface area contributed by atoms with Crippen LogP contribution in [0.2, 0.25) is 0 Å². The Labute approximate surface area is 228 Å². The van der Waals surface area contributed by atoms with Crippen LogP contribution in [0.1, 0.15) is 25.7 Å². The second kappa shape index (κ2) is 11.6. The highest BCUT2D eigenvalue weighted by Gasteiger charge is 2.32. The summed E-state index contributed by atoms with van der Waals surface area (Å²) in [4.78, 5) is 11.1. The number of nitrogens with one attached hydrogen (secondary N) is 2. The van der Waals surface area contributed by atoms with E-state index < -0.39 is 22.1 Å². The molecule has 1 fully saturated rings. The number of nitrogens with zero attached hydrogens (tertiary/aromatic N) is 3. The fourth-order valence-electron chi connectivity index (χ4n) is 4.56. The number of alkyl halides is 3. The molecule has 38 heavy (non-hydrogen) atoms. The molecule has 0 atom stereocenters. The van der Waals surface area contributed by atoms with Crippen molar-refractivity contribution in [1.29, 1.82) is 0 Å². The van der Waals surface area contributed by atoms with Crippen molar-refractivity contribution < 1.29 is 26.3 Å². The van der Waals surface area contributed by atoms with Gasteiger partial charge in [0.05, 0.1) is 10.4 Å². The van der Waals surface area contributed by atoms with Crippen molar-refractivity contribution in [2.45, 2.75) is 36.9 Å². The molecule has 13 heteroatoms. The molecule has 2 aromatic carbocycles. The normalized spacial score (nSPS) is 18.4. The lowest BCUT2D eigenvalue weighted by atomic mass is 9.82. The SMILES string of the molecule is CN(C)c1nc(NCC2CCC(CNS(=O)(=O)c3ccc(OC(F)(F)F)cc3Br)CC2)nc2ccccc12. The molecule has 0 unspecified atom stereocenters. The highest BCUT2D eigenvalue weighted by atomic mass is 79.9. The number of hydrogen-bond acceptors (Lipinski definition) is 7. The van der Waals surface area contributed by atoms with Gasteiger partial charge in [-0.3, -0.25) is 0 Å². The molecular formula is C25H29BrF3N5O3S. The van der Waals surface area contributed by atoms with E-state index in [9.17, 15) is 21.6 Å². The molecule has 1 heterocycles. The van der Waals surface area contributed by atoms with Gasteiger partial charge in [0.25, 0.3) is 0 Å². The van der Waals surface area contributed by atoms with E-state index in [1.54, 1.807) is 0 Å². The van der Waals surface area contributed by atoms with E-state index >= 15 is 0 Å². The van der Waals surface area contributed by atoms with Crippen molar-refractivity contribution in [3.8, 4) is 5.75 Å². The molecule has 206 valence electrons. The second-order valence-corrected chi connectivity index (χ2v) is 12.1. The molecule has 8 nitrogen and oxygen atoms in total. The number of sulfonamides is 1. The molecule has 1 saturated carbocycles. The Balaban J connectivity index is 1.28. The summed E-state index contributed by atoms with van der Waals surface area (Å²) in [6.07, 6.45) is -1.28. The summed E-state index contributed by atoms with van der Waals surface area (Å²) in [5.41, 5.74) is 0.874. The molecule has 0 aliphatic heterocycles. The molecular weight excluding hydrogens is 587 g/mol. The fourth-order valence-corrected chi connectivity index (χ4v) is 6.73. The number of para-hydroxylation sites is 1. The van der Waals surface area contributed by atoms with Gasteiger partial charge in [0, 0.05) is 37.0 Å². The largest absolute Gasteiger partial charge is 0.573 e. The number of rotatable bonds is 9. The topological polar surface area (TPSA) is 96.5 Å². The first-order valence-electron chi connectivity index (χ1n) is 12.1. The third kappa shape index (κ3) is 7.26. The predicted molar refractivity (Wildman–Crippen MR) is 144 cm³/mol. The van der Waals surface area contributed by atoms with Crippen molar-refractivity contribution in [2.75, 3.05) is 37.4 Å². The number of hydrogen-bond donors (Lipinski definition) is 2. The first-order valence-corrected chi connectivity index (χ1v) is 14.4. The second-order valence-electron chi connectivity index (χ2n) is 9.54. The van der Waals surface area contributed by atoms with Crippen LogP contribution in [-0.2, 0) is 10.0 Å². The molecule has 1 aliphatic carbocycles. The Morgan fingerprint density at radius 2 is 1.68 bits per heavy atom. The molecule has 0 saturated heterocycles. The number of halogens is 4. The minimum atomic E-state index is -4.86. The fraction of sp³-hybridized carbons (Fsp3) is 0.440. The summed E-state index contributed by atoms with van der Waals surface area (Å²) in [7, 11) is -0.00913. The molecule has 2 N–H and O–H groups in total. The Hall–Kier alpha value is -2.64. The van der Waals surface area contributed by atoms with Crippen molar-refractivity contribution in [1.82, 2.24) is 14.7 Å². The summed E-state index contributed by atoms with van der Waals surface area (Å²) in [5, 5.41) is 4.36. The van der Waals surface area contributed by atoms with Gasteiger partial charge in [0.1, 0.15) is 11.6 Å². The van der Waals surface area contributed by atoms with Gasteiger partial charge in [-0.1, -0.05) is 12.1 Å². The lowest BCUT2D eigenvalue weighted by Gasteiger charge is -2.29. The van der Waals surface area contributed by atoms with Crippen LogP contribution < -0.4 is 19.7 Å². The lowest BCUT2D eigenvalue weighted by Crippen LogP contribution is -2.32. The zero-order valence-corrected chi connectivity index (χ0v) is 23.3. The van der Waals surface area contributed by atoms with E-state index in [4.69, 9.17) is 0 Å². The maximum Gasteiger partial charge on any atom is 0.573 e. The van der Waals surface area contributed by atoms with Gasteiger partial charge < -0.3 is 15.0 Å². The monoisotopic (exact) mass is 615 g/mol. The van der Waals surface area contributed by atoms with E-state index in [0.29, 0.717) is 11.9 Å². The lowest BCUT2D eigenvalue weighted by molar-refractivity contribution is -0.274.